The third-order valence-electron chi connectivity index (χ3n) is 7.95. The molecule has 2 unspecified atom stereocenters. The Bertz CT molecular complexity index is 1900. The molecule has 0 fully saturated rings. The topological polar surface area (TPSA) is 17.4 Å². The van der Waals surface area contributed by atoms with Crippen LogP contribution in [0.25, 0.3) is 27.5 Å². The highest BCUT2D eigenvalue weighted by molar-refractivity contribution is 6.09. The normalized spacial score (nSPS) is 17.7. The number of aromatic nitrogens is 1. The fraction of sp³-hybridized carbons (Fsp3) is 0.0556. The minimum Gasteiger partial charge on any atom is -0.458 e. The van der Waals surface area contributed by atoms with Crippen molar-refractivity contribution in [2.45, 2.75) is 12.0 Å². The molecule has 39 heavy (non-hydrogen) atoms. The van der Waals surface area contributed by atoms with E-state index in [-0.39, 0.29) is 12.0 Å². The second kappa shape index (κ2) is 8.78. The predicted octanol–water partition coefficient (Wildman–Crippen LogP) is 8.92. The molecule has 1 aliphatic carbocycles. The number of benzene rings is 5. The molecular formula is C36H26N2O. The smallest absolute Gasteiger partial charge is 0.129 e. The summed E-state index contributed by atoms with van der Waals surface area (Å²) in [6.45, 7) is 0. The lowest BCUT2D eigenvalue weighted by atomic mass is 9.91. The first-order valence-electron chi connectivity index (χ1n) is 13.4. The average molecular weight is 503 g/mol. The molecule has 2 heterocycles. The van der Waals surface area contributed by atoms with Crippen molar-refractivity contribution in [1.29, 1.82) is 0 Å². The standard InChI is InChI=1S/C36H26N2O/c1-3-11-25(12-4-1)37-33-17-9-7-15-29(33)31-21-19-27(23-35(31)37)39-28-20-22-32-30-16-8-10-18-34(30)38(36(32)24-28)26-13-5-2-6-14-26/h1-24,31,35H. The highest BCUT2D eigenvalue weighted by Crippen LogP contribution is 2.48. The van der Waals surface area contributed by atoms with Crippen LogP contribution < -0.4 is 9.64 Å². The highest BCUT2D eigenvalue weighted by Gasteiger charge is 2.38. The van der Waals surface area contributed by atoms with E-state index in [2.05, 4.69) is 155 Å². The maximum Gasteiger partial charge on any atom is 0.129 e. The second-order valence-corrected chi connectivity index (χ2v) is 10.2. The van der Waals surface area contributed by atoms with Gasteiger partial charge in [0, 0.05) is 39.8 Å². The summed E-state index contributed by atoms with van der Waals surface area (Å²) in [7, 11) is 0. The molecule has 186 valence electrons. The van der Waals surface area contributed by atoms with Crippen LogP contribution in [0, 0.1) is 0 Å². The molecule has 6 aromatic rings. The molecule has 5 aromatic carbocycles. The summed E-state index contributed by atoms with van der Waals surface area (Å²) >= 11 is 0. The lowest BCUT2D eigenvalue weighted by molar-refractivity contribution is 0.435. The van der Waals surface area contributed by atoms with Crippen molar-refractivity contribution in [2.75, 3.05) is 4.90 Å². The highest BCUT2D eigenvalue weighted by atomic mass is 16.5. The van der Waals surface area contributed by atoms with Gasteiger partial charge >= 0.3 is 0 Å². The molecule has 0 saturated heterocycles. The van der Waals surface area contributed by atoms with E-state index in [1.165, 1.54) is 33.2 Å². The van der Waals surface area contributed by atoms with E-state index in [0.717, 1.165) is 22.7 Å². The fourth-order valence-corrected chi connectivity index (χ4v) is 6.29. The van der Waals surface area contributed by atoms with Crippen molar-refractivity contribution in [3.8, 4) is 11.4 Å². The maximum atomic E-state index is 6.58. The first-order valence-corrected chi connectivity index (χ1v) is 13.4. The number of fused-ring (bicyclic) bond motifs is 6. The minimum atomic E-state index is 0.157. The summed E-state index contributed by atoms with van der Waals surface area (Å²) in [6, 6.07) is 45.1. The van der Waals surface area contributed by atoms with Crippen LogP contribution in [0.3, 0.4) is 0 Å². The van der Waals surface area contributed by atoms with E-state index in [0.29, 0.717) is 0 Å². The van der Waals surface area contributed by atoms with Gasteiger partial charge in [0.05, 0.1) is 17.1 Å². The van der Waals surface area contributed by atoms with Gasteiger partial charge in [-0.05, 0) is 66.2 Å². The quantitative estimate of drug-likeness (QED) is 0.239. The van der Waals surface area contributed by atoms with Crippen LogP contribution in [-0.4, -0.2) is 10.6 Å². The zero-order valence-corrected chi connectivity index (χ0v) is 21.3. The van der Waals surface area contributed by atoms with Crippen LogP contribution in [-0.2, 0) is 0 Å². The molecule has 3 nitrogen and oxygen atoms in total. The molecule has 3 heteroatoms. The summed E-state index contributed by atoms with van der Waals surface area (Å²) in [4.78, 5) is 2.43. The molecular weight excluding hydrogens is 476 g/mol. The zero-order chi connectivity index (χ0) is 25.8. The van der Waals surface area contributed by atoms with Gasteiger partial charge < -0.3 is 14.2 Å². The van der Waals surface area contributed by atoms with E-state index in [1.807, 2.05) is 0 Å². The zero-order valence-electron chi connectivity index (χ0n) is 21.3. The van der Waals surface area contributed by atoms with Crippen molar-refractivity contribution in [2.24, 2.45) is 0 Å². The lowest BCUT2D eigenvalue weighted by Gasteiger charge is -2.29. The largest absolute Gasteiger partial charge is 0.458 e. The Kier molecular flexibility index (Phi) is 4.95. The fourth-order valence-electron chi connectivity index (χ4n) is 6.29. The molecule has 0 bridgehead atoms. The molecule has 0 radical (unpaired) electrons. The monoisotopic (exact) mass is 502 g/mol. The maximum absolute atomic E-state index is 6.58. The van der Waals surface area contributed by atoms with Gasteiger partial charge in [0.15, 0.2) is 0 Å². The summed E-state index contributed by atoms with van der Waals surface area (Å²) in [6.07, 6.45) is 6.69. The number of allylic oxidation sites excluding steroid dienone is 1. The summed E-state index contributed by atoms with van der Waals surface area (Å²) in [5.41, 5.74) is 7.27. The predicted molar refractivity (Wildman–Crippen MR) is 160 cm³/mol. The molecule has 1 aromatic heterocycles. The number of anilines is 2. The van der Waals surface area contributed by atoms with E-state index in [9.17, 15) is 0 Å². The first-order chi connectivity index (χ1) is 19.3. The SMILES string of the molecule is C1=CC2c3ccccc3N(c3ccccc3)C2C=C1Oc1ccc2c3ccccc3n(-c3ccccc3)c2c1. The summed E-state index contributed by atoms with van der Waals surface area (Å²) < 4.78 is 8.90. The molecule has 0 spiro atoms. The van der Waals surface area contributed by atoms with Crippen LogP contribution in [0.5, 0.6) is 5.75 Å². The number of hydrogen-bond donors (Lipinski definition) is 0. The Morgan fingerprint density at radius 3 is 2.13 bits per heavy atom. The van der Waals surface area contributed by atoms with Crippen molar-refractivity contribution >= 4 is 33.2 Å². The number of rotatable bonds is 4. The molecule has 2 aliphatic rings. The number of para-hydroxylation sites is 4. The Hall–Kier alpha value is -5.02. The van der Waals surface area contributed by atoms with Gasteiger partial charge in [-0.1, -0.05) is 78.9 Å². The van der Waals surface area contributed by atoms with Gasteiger partial charge in [0.1, 0.15) is 11.5 Å². The van der Waals surface area contributed by atoms with Gasteiger partial charge in [-0.15, -0.1) is 0 Å². The van der Waals surface area contributed by atoms with Crippen molar-refractivity contribution < 1.29 is 4.74 Å². The van der Waals surface area contributed by atoms with Gasteiger partial charge in [-0.2, -0.15) is 0 Å². The van der Waals surface area contributed by atoms with Crippen LogP contribution in [0.2, 0.25) is 0 Å². The van der Waals surface area contributed by atoms with Gasteiger partial charge in [0.25, 0.3) is 0 Å². The third-order valence-corrected chi connectivity index (χ3v) is 7.95. The number of nitrogens with zero attached hydrogens (tertiary/aromatic N) is 2. The second-order valence-electron chi connectivity index (χ2n) is 10.2. The molecule has 0 saturated carbocycles. The minimum absolute atomic E-state index is 0.157. The van der Waals surface area contributed by atoms with Crippen molar-refractivity contribution in [3.05, 3.63) is 157 Å². The Balaban J connectivity index is 1.20. The Labute approximate surface area is 227 Å². The number of ether oxygens (including phenoxy) is 1. The van der Waals surface area contributed by atoms with Crippen LogP contribution in [0.1, 0.15) is 11.5 Å². The first kappa shape index (κ1) is 22.0. The molecule has 0 amide bonds. The Morgan fingerprint density at radius 1 is 0.590 bits per heavy atom. The van der Waals surface area contributed by atoms with E-state index in [4.69, 9.17) is 4.74 Å². The molecule has 1 aliphatic heterocycles. The van der Waals surface area contributed by atoms with Crippen LogP contribution in [0.4, 0.5) is 11.4 Å². The van der Waals surface area contributed by atoms with Gasteiger partial charge in [-0.25, -0.2) is 0 Å². The Morgan fingerprint density at radius 2 is 1.28 bits per heavy atom. The molecule has 0 N–H and O–H groups in total. The average Bonchev–Trinajstić information content (AvgIpc) is 3.50. The van der Waals surface area contributed by atoms with Gasteiger partial charge in [-0.3, -0.25) is 0 Å². The third kappa shape index (κ3) is 3.51. The molecule has 2 atom stereocenters. The lowest BCUT2D eigenvalue weighted by Crippen LogP contribution is -2.29. The van der Waals surface area contributed by atoms with Crippen molar-refractivity contribution in [3.63, 3.8) is 0 Å². The van der Waals surface area contributed by atoms with Crippen LogP contribution in [0.15, 0.2) is 151 Å². The molecule has 8 rings (SSSR count). The summed E-state index contributed by atoms with van der Waals surface area (Å²) in [5.74, 6) is 1.99. The van der Waals surface area contributed by atoms with Gasteiger partial charge in [0.2, 0.25) is 0 Å². The number of hydrogen-bond acceptors (Lipinski definition) is 2. The summed E-state index contributed by atoms with van der Waals surface area (Å²) in [5, 5.41) is 2.46. The van der Waals surface area contributed by atoms with E-state index in [1.54, 1.807) is 0 Å². The van der Waals surface area contributed by atoms with E-state index >= 15 is 0 Å². The van der Waals surface area contributed by atoms with E-state index < -0.39 is 0 Å². The van der Waals surface area contributed by atoms with Crippen molar-refractivity contribution in [1.82, 2.24) is 4.57 Å². The van der Waals surface area contributed by atoms with Crippen LogP contribution >= 0.6 is 0 Å².